The third-order valence-corrected chi connectivity index (χ3v) is 4.62. The Hall–Kier alpha value is -0.960. The Morgan fingerprint density at radius 2 is 1.70 bits per heavy atom. The molecule has 1 aromatic carbocycles. The molecule has 0 aliphatic carbocycles. The van der Waals surface area contributed by atoms with Crippen LogP contribution in [0.4, 0.5) is 0 Å². The monoisotopic (exact) mass is 294 g/mol. The number of hydrogen-bond acceptors (Lipinski definition) is 3. The van der Waals surface area contributed by atoms with Crippen LogP contribution in [0, 0.1) is 0 Å². The van der Waals surface area contributed by atoms with E-state index in [4.69, 9.17) is 14.1 Å². The third-order valence-electron chi connectivity index (χ3n) is 2.85. The average Bonchev–Trinajstić information content (AvgIpc) is 2.77. The van der Waals surface area contributed by atoms with Crippen molar-refractivity contribution in [3.63, 3.8) is 0 Å². The molecule has 0 saturated carbocycles. The van der Waals surface area contributed by atoms with Crippen LogP contribution in [0.2, 0.25) is 0 Å². The molecule has 2 rings (SSSR count). The number of rotatable bonds is 5. The van der Waals surface area contributed by atoms with Crippen LogP contribution in [0.3, 0.4) is 0 Å². The Balaban J connectivity index is 2.63. The molecule has 1 aromatic heterocycles. The van der Waals surface area contributed by atoms with Gasteiger partial charge in [-0.2, -0.15) is 5.10 Å². The SMILES string of the molecule is CCOP(OCC)c1c2ccccc2nn1C(C)(C)C. The maximum absolute atomic E-state index is 5.85. The van der Waals surface area contributed by atoms with Gasteiger partial charge in [-0.05, 0) is 40.7 Å². The molecule has 1 heterocycles. The normalized spacial score (nSPS) is 12.5. The van der Waals surface area contributed by atoms with Crippen molar-refractivity contribution in [2.24, 2.45) is 0 Å². The van der Waals surface area contributed by atoms with Gasteiger partial charge in [0.25, 0.3) is 0 Å². The third kappa shape index (κ3) is 3.03. The fraction of sp³-hybridized carbons (Fsp3) is 0.533. The Labute approximate surface area is 122 Å². The summed E-state index contributed by atoms with van der Waals surface area (Å²) in [7, 11) is -1.10. The molecule has 0 unspecified atom stereocenters. The Kier molecular flexibility index (Phi) is 4.79. The highest BCUT2D eigenvalue weighted by Crippen LogP contribution is 2.40. The van der Waals surface area contributed by atoms with E-state index < -0.39 is 8.38 Å². The highest BCUT2D eigenvalue weighted by Gasteiger charge is 2.28. The number of hydrogen-bond donors (Lipinski definition) is 0. The van der Waals surface area contributed by atoms with E-state index in [2.05, 4.69) is 31.5 Å². The van der Waals surface area contributed by atoms with Gasteiger partial charge in [-0.3, -0.25) is 4.68 Å². The predicted molar refractivity (Wildman–Crippen MR) is 84.5 cm³/mol. The van der Waals surface area contributed by atoms with Gasteiger partial charge in [-0.15, -0.1) is 0 Å². The molecular formula is C15H23N2O2P. The van der Waals surface area contributed by atoms with E-state index in [-0.39, 0.29) is 5.54 Å². The van der Waals surface area contributed by atoms with Gasteiger partial charge in [0.1, 0.15) is 5.44 Å². The summed E-state index contributed by atoms with van der Waals surface area (Å²) in [6, 6.07) is 8.17. The molecule has 20 heavy (non-hydrogen) atoms. The highest BCUT2D eigenvalue weighted by molar-refractivity contribution is 7.56. The van der Waals surface area contributed by atoms with Crippen molar-refractivity contribution < 1.29 is 9.05 Å². The zero-order chi connectivity index (χ0) is 14.8. The van der Waals surface area contributed by atoms with E-state index in [0.29, 0.717) is 13.2 Å². The molecule has 0 aliphatic heterocycles. The van der Waals surface area contributed by atoms with Crippen LogP contribution < -0.4 is 5.44 Å². The molecule has 110 valence electrons. The molecule has 0 radical (unpaired) electrons. The minimum absolute atomic E-state index is 0.108. The van der Waals surface area contributed by atoms with Gasteiger partial charge in [0.05, 0.1) is 24.3 Å². The van der Waals surface area contributed by atoms with Crippen molar-refractivity contribution in [3.05, 3.63) is 24.3 Å². The lowest BCUT2D eigenvalue weighted by Gasteiger charge is -2.25. The summed E-state index contributed by atoms with van der Waals surface area (Å²) in [5.74, 6) is 0. The molecule has 4 nitrogen and oxygen atoms in total. The molecule has 5 heteroatoms. The van der Waals surface area contributed by atoms with Gasteiger partial charge >= 0.3 is 0 Å². The lowest BCUT2D eigenvalue weighted by atomic mass is 10.1. The summed E-state index contributed by atoms with van der Waals surface area (Å²) in [5, 5.41) is 5.86. The number of benzene rings is 1. The Bertz CT molecular complexity index is 569. The van der Waals surface area contributed by atoms with Gasteiger partial charge in [0, 0.05) is 5.39 Å². The van der Waals surface area contributed by atoms with Crippen LogP contribution in [0.5, 0.6) is 0 Å². The van der Waals surface area contributed by atoms with Gasteiger partial charge in [0.15, 0.2) is 0 Å². The zero-order valence-corrected chi connectivity index (χ0v) is 13.8. The molecular weight excluding hydrogens is 271 g/mol. The molecule has 2 aromatic rings. The minimum atomic E-state index is -1.10. The summed E-state index contributed by atoms with van der Waals surface area (Å²) < 4.78 is 13.8. The van der Waals surface area contributed by atoms with Crippen molar-refractivity contribution in [1.82, 2.24) is 9.78 Å². The highest BCUT2D eigenvalue weighted by atomic mass is 31.2. The molecule has 0 spiro atoms. The standard InChI is InChI=1S/C15H23N2O2P/c1-6-18-20(19-7-2)14-12-10-8-9-11-13(12)16-17(14)15(3,4)5/h8-11H,6-7H2,1-5H3. The lowest BCUT2D eigenvalue weighted by Crippen LogP contribution is -2.32. The van der Waals surface area contributed by atoms with E-state index >= 15 is 0 Å². The fourth-order valence-electron chi connectivity index (χ4n) is 2.06. The molecule has 0 saturated heterocycles. The molecule has 0 atom stereocenters. The van der Waals surface area contributed by atoms with Gasteiger partial charge in [-0.1, -0.05) is 18.2 Å². The van der Waals surface area contributed by atoms with Crippen molar-refractivity contribution in [1.29, 1.82) is 0 Å². The van der Waals surface area contributed by atoms with E-state index in [9.17, 15) is 0 Å². The van der Waals surface area contributed by atoms with Crippen LogP contribution >= 0.6 is 8.38 Å². The molecule has 0 fully saturated rings. The second-order valence-corrected chi connectivity index (χ2v) is 6.97. The van der Waals surface area contributed by atoms with E-state index in [0.717, 1.165) is 16.3 Å². The van der Waals surface area contributed by atoms with Gasteiger partial charge < -0.3 is 9.05 Å². The summed E-state index contributed by atoms with van der Waals surface area (Å²) in [6.07, 6.45) is 0. The van der Waals surface area contributed by atoms with E-state index in [1.165, 1.54) is 0 Å². The first kappa shape index (κ1) is 15.4. The Morgan fingerprint density at radius 3 is 2.25 bits per heavy atom. The second-order valence-electron chi connectivity index (χ2n) is 5.52. The van der Waals surface area contributed by atoms with Crippen molar-refractivity contribution in [2.75, 3.05) is 13.2 Å². The van der Waals surface area contributed by atoms with Crippen LogP contribution in [-0.2, 0) is 14.6 Å². The maximum Gasteiger partial charge on any atom is 0.225 e. The number of fused-ring (bicyclic) bond motifs is 1. The smallest absolute Gasteiger partial charge is 0.225 e. The molecule has 0 amide bonds. The first-order valence-electron chi connectivity index (χ1n) is 7.03. The summed E-state index contributed by atoms with van der Waals surface area (Å²) in [6.45, 7) is 11.7. The van der Waals surface area contributed by atoms with Crippen LogP contribution in [-0.4, -0.2) is 23.0 Å². The fourth-order valence-corrected chi connectivity index (χ4v) is 3.73. The van der Waals surface area contributed by atoms with Gasteiger partial charge in [0.2, 0.25) is 8.38 Å². The second kappa shape index (κ2) is 6.21. The largest absolute Gasteiger partial charge is 0.330 e. The minimum Gasteiger partial charge on any atom is -0.330 e. The van der Waals surface area contributed by atoms with Crippen LogP contribution in [0.1, 0.15) is 34.6 Å². The van der Waals surface area contributed by atoms with E-state index in [1.807, 2.05) is 32.0 Å². The quantitative estimate of drug-likeness (QED) is 0.787. The summed E-state index contributed by atoms with van der Waals surface area (Å²) in [5.41, 5.74) is 1.94. The molecule has 0 N–H and O–H groups in total. The molecule has 0 aliphatic rings. The van der Waals surface area contributed by atoms with Gasteiger partial charge in [-0.25, -0.2) is 0 Å². The number of aromatic nitrogens is 2. The summed E-state index contributed by atoms with van der Waals surface area (Å²) >= 11 is 0. The van der Waals surface area contributed by atoms with Crippen molar-refractivity contribution in [3.8, 4) is 0 Å². The average molecular weight is 294 g/mol. The van der Waals surface area contributed by atoms with Crippen molar-refractivity contribution >= 4 is 24.7 Å². The number of nitrogens with zero attached hydrogens (tertiary/aromatic N) is 2. The first-order chi connectivity index (χ1) is 9.49. The topological polar surface area (TPSA) is 36.3 Å². The Morgan fingerprint density at radius 1 is 1.10 bits per heavy atom. The van der Waals surface area contributed by atoms with Crippen molar-refractivity contribution in [2.45, 2.75) is 40.2 Å². The van der Waals surface area contributed by atoms with Crippen LogP contribution in [0.25, 0.3) is 10.9 Å². The predicted octanol–water partition coefficient (Wildman–Crippen LogP) is 3.80. The van der Waals surface area contributed by atoms with Crippen LogP contribution in [0.15, 0.2) is 24.3 Å². The lowest BCUT2D eigenvalue weighted by molar-refractivity contribution is 0.272. The first-order valence-corrected chi connectivity index (χ1v) is 8.21. The summed E-state index contributed by atoms with van der Waals surface area (Å²) in [4.78, 5) is 0. The zero-order valence-electron chi connectivity index (χ0n) is 12.9. The van der Waals surface area contributed by atoms with E-state index in [1.54, 1.807) is 0 Å². The maximum atomic E-state index is 5.85. The molecule has 0 bridgehead atoms.